The van der Waals surface area contributed by atoms with E-state index < -0.39 is 0 Å². The summed E-state index contributed by atoms with van der Waals surface area (Å²) in [5.41, 5.74) is 4.08. The molecule has 0 saturated carbocycles. The first kappa shape index (κ1) is 7.80. The summed E-state index contributed by atoms with van der Waals surface area (Å²) >= 11 is 0. The molecule has 0 amide bonds. The van der Waals surface area contributed by atoms with E-state index in [-0.39, 0.29) is 0 Å². The van der Waals surface area contributed by atoms with Gasteiger partial charge in [-0.3, -0.25) is 0 Å². The van der Waals surface area contributed by atoms with Gasteiger partial charge in [0.05, 0.1) is 13.5 Å². The molecule has 0 atom stereocenters. The summed E-state index contributed by atoms with van der Waals surface area (Å²) in [5, 5.41) is 0. The highest BCUT2D eigenvalue weighted by Crippen LogP contribution is 2.20. The molecule has 0 fully saturated rings. The molecule has 1 aliphatic heterocycles. The highest BCUT2D eigenvalue weighted by atomic mass is 15.2. The zero-order valence-electron chi connectivity index (χ0n) is 8.49. The van der Waals surface area contributed by atoms with Crippen molar-refractivity contribution in [3.8, 4) is 5.69 Å². The van der Waals surface area contributed by atoms with Crippen molar-refractivity contribution in [2.24, 2.45) is 7.05 Å². The number of hydrogen-bond acceptors (Lipinski definition) is 0. The average Bonchev–Trinajstić information content (AvgIpc) is 2.67. The van der Waals surface area contributed by atoms with Gasteiger partial charge in [-0.1, -0.05) is 18.2 Å². The lowest BCUT2D eigenvalue weighted by atomic mass is 10.1. The number of aromatic nitrogens is 2. The van der Waals surface area contributed by atoms with Crippen LogP contribution in [-0.4, -0.2) is 4.57 Å². The van der Waals surface area contributed by atoms with Crippen LogP contribution in [0.15, 0.2) is 30.5 Å². The predicted molar refractivity (Wildman–Crippen MR) is 54.5 cm³/mol. The third-order valence-corrected chi connectivity index (χ3v) is 3.11. The second-order valence-electron chi connectivity index (χ2n) is 3.92. The summed E-state index contributed by atoms with van der Waals surface area (Å²) in [5.74, 6) is 1.38. The van der Waals surface area contributed by atoms with Gasteiger partial charge in [0.25, 0.3) is 5.82 Å². The van der Waals surface area contributed by atoms with Crippen molar-refractivity contribution in [1.82, 2.24) is 4.57 Å². The van der Waals surface area contributed by atoms with Crippen LogP contribution < -0.4 is 4.57 Å². The van der Waals surface area contributed by atoms with E-state index in [1.807, 2.05) is 0 Å². The Kier molecular flexibility index (Phi) is 1.38. The first-order valence-electron chi connectivity index (χ1n) is 4.92. The Balaban J connectivity index is 2.31. The largest absolute Gasteiger partial charge is 0.266 e. The number of hydrogen-bond donors (Lipinski definition) is 0. The Morgan fingerprint density at radius 1 is 1.29 bits per heavy atom. The van der Waals surface area contributed by atoms with E-state index in [1.165, 1.54) is 22.8 Å². The number of para-hydroxylation sites is 1. The molecule has 2 nitrogen and oxygen atoms in total. The van der Waals surface area contributed by atoms with Crippen molar-refractivity contribution in [1.29, 1.82) is 0 Å². The van der Waals surface area contributed by atoms with E-state index in [1.54, 1.807) is 0 Å². The molecule has 3 rings (SSSR count). The maximum absolute atomic E-state index is 2.30. The summed E-state index contributed by atoms with van der Waals surface area (Å²) in [6, 6.07) is 8.60. The van der Waals surface area contributed by atoms with Gasteiger partial charge in [0.1, 0.15) is 17.6 Å². The van der Waals surface area contributed by atoms with Gasteiger partial charge in [0.15, 0.2) is 0 Å². The fourth-order valence-corrected chi connectivity index (χ4v) is 2.19. The Morgan fingerprint density at radius 3 is 2.93 bits per heavy atom. The molecule has 0 spiro atoms. The number of imidazole rings is 1. The number of aryl methyl sites for hydroxylation is 1. The monoisotopic (exact) mass is 185 g/mol. The van der Waals surface area contributed by atoms with Crippen LogP contribution in [0.25, 0.3) is 5.69 Å². The fraction of sp³-hybridized carbons (Fsp3) is 0.250. The van der Waals surface area contributed by atoms with Crippen LogP contribution in [0, 0.1) is 6.92 Å². The number of rotatable bonds is 0. The van der Waals surface area contributed by atoms with Crippen LogP contribution in [-0.2, 0) is 13.5 Å². The van der Waals surface area contributed by atoms with Crippen molar-refractivity contribution in [3.05, 3.63) is 47.5 Å². The van der Waals surface area contributed by atoms with Crippen LogP contribution in [0.3, 0.4) is 0 Å². The molecular formula is C12H13N2+. The van der Waals surface area contributed by atoms with E-state index in [9.17, 15) is 0 Å². The number of fused-ring (bicyclic) bond motifs is 3. The summed E-state index contributed by atoms with van der Waals surface area (Å²) < 4.78 is 4.56. The van der Waals surface area contributed by atoms with Crippen molar-refractivity contribution < 1.29 is 4.57 Å². The molecule has 1 aliphatic rings. The van der Waals surface area contributed by atoms with Gasteiger partial charge in [-0.15, -0.1) is 0 Å². The first-order valence-corrected chi connectivity index (χ1v) is 4.92. The fourth-order valence-electron chi connectivity index (χ4n) is 2.19. The average molecular weight is 185 g/mol. The van der Waals surface area contributed by atoms with Crippen LogP contribution in [0.1, 0.15) is 17.1 Å². The summed E-state index contributed by atoms with van der Waals surface area (Å²) in [4.78, 5) is 0. The normalized spacial score (nSPS) is 12.7. The molecule has 0 bridgehead atoms. The van der Waals surface area contributed by atoms with Gasteiger partial charge >= 0.3 is 0 Å². The van der Waals surface area contributed by atoms with Crippen LogP contribution in [0.4, 0.5) is 0 Å². The minimum absolute atomic E-state index is 1.06. The standard InChI is InChI=1S/C12H13N2/c1-9-8-14-11-6-4-3-5-10(11)7-12(14)13(9)2/h3-6,8H,7H2,1-2H3/q+1. The van der Waals surface area contributed by atoms with Gasteiger partial charge in [-0.25, -0.2) is 4.57 Å². The molecule has 0 radical (unpaired) electrons. The van der Waals surface area contributed by atoms with Gasteiger partial charge in [0.2, 0.25) is 0 Å². The van der Waals surface area contributed by atoms with E-state index in [0.717, 1.165) is 6.42 Å². The molecule has 2 heteroatoms. The van der Waals surface area contributed by atoms with Gasteiger partial charge < -0.3 is 0 Å². The van der Waals surface area contributed by atoms with Crippen LogP contribution in [0.5, 0.6) is 0 Å². The Hall–Kier alpha value is -1.57. The Morgan fingerprint density at radius 2 is 2.07 bits per heavy atom. The van der Waals surface area contributed by atoms with Gasteiger partial charge in [0, 0.05) is 12.5 Å². The Bertz CT molecular complexity index is 509. The third-order valence-electron chi connectivity index (χ3n) is 3.11. The number of benzene rings is 1. The Labute approximate surface area is 83.4 Å². The molecule has 0 aliphatic carbocycles. The third kappa shape index (κ3) is 0.830. The molecule has 0 unspecified atom stereocenters. The maximum Gasteiger partial charge on any atom is 0.266 e. The highest BCUT2D eigenvalue weighted by Gasteiger charge is 2.28. The van der Waals surface area contributed by atoms with E-state index in [4.69, 9.17) is 0 Å². The summed E-state index contributed by atoms with van der Waals surface area (Å²) in [6.45, 7) is 2.15. The first-order chi connectivity index (χ1) is 6.77. The topological polar surface area (TPSA) is 8.81 Å². The highest BCUT2D eigenvalue weighted by molar-refractivity contribution is 5.39. The lowest BCUT2D eigenvalue weighted by molar-refractivity contribution is -0.597. The molecule has 14 heavy (non-hydrogen) atoms. The van der Waals surface area contributed by atoms with Crippen molar-refractivity contribution in [3.63, 3.8) is 0 Å². The van der Waals surface area contributed by atoms with Crippen LogP contribution in [0.2, 0.25) is 0 Å². The second-order valence-corrected chi connectivity index (χ2v) is 3.92. The summed E-state index contributed by atoms with van der Waals surface area (Å²) in [7, 11) is 2.13. The zero-order chi connectivity index (χ0) is 9.71. The van der Waals surface area contributed by atoms with Crippen molar-refractivity contribution >= 4 is 0 Å². The second kappa shape index (κ2) is 2.47. The quantitative estimate of drug-likeness (QED) is 0.469. The SMILES string of the molecule is Cc1c[n+]2c(n1C)Cc1ccccc1-2. The molecule has 0 saturated heterocycles. The molecular weight excluding hydrogens is 172 g/mol. The smallest absolute Gasteiger partial charge is 0.234 e. The molecule has 2 heterocycles. The predicted octanol–water partition coefficient (Wildman–Crippen LogP) is 1.51. The minimum atomic E-state index is 1.06. The minimum Gasteiger partial charge on any atom is -0.234 e. The zero-order valence-corrected chi connectivity index (χ0v) is 8.49. The van der Waals surface area contributed by atoms with Crippen LogP contribution >= 0.6 is 0 Å². The summed E-state index contributed by atoms with van der Waals surface area (Å²) in [6.07, 6.45) is 3.27. The van der Waals surface area contributed by atoms with Gasteiger partial charge in [-0.2, -0.15) is 4.57 Å². The van der Waals surface area contributed by atoms with E-state index in [0.29, 0.717) is 0 Å². The van der Waals surface area contributed by atoms with Gasteiger partial charge in [-0.05, 0) is 6.07 Å². The van der Waals surface area contributed by atoms with E-state index in [2.05, 4.69) is 53.6 Å². The van der Waals surface area contributed by atoms with E-state index >= 15 is 0 Å². The molecule has 2 aromatic rings. The maximum atomic E-state index is 2.30. The van der Waals surface area contributed by atoms with Crippen molar-refractivity contribution in [2.45, 2.75) is 13.3 Å². The number of nitrogens with zero attached hydrogens (tertiary/aromatic N) is 2. The lowest BCUT2D eigenvalue weighted by Crippen LogP contribution is -2.29. The molecule has 1 aromatic carbocycles. The lowest BCUT2D eigenvalue weighted by Gasteiger charge is -1.93. The molecule has 1 aromatic heterocycles. The van der Waals surface area contributed by atoms with Crippen molar-refractivity contribution in [2.75, 3.05) is 0 Å². The molecule has 70 valence electrons. The molecule has 0 N–H and O–H groups in total.